The van der Waals surface area contributed by atoms with E-state index in [1.54, 1.807) is 12.1 Å². The number of nitrogens with one attached hydrogen (secondary N) is 1. The number of aromatic hydroxyl groups is 1. The molecule has 1 rings (SSSR count). The van der Waals surface area contributed by atoms with Crippen LogP contribution in [0.15, 0.2) is 18.2 Å². The lowest BCUT2D eigenvalue weighted by Crippen LogP contribution is -1.95. The third-order valence-corrected chi connectivity index (χ3v) is 1.92. The lowest BCUT2D eigenvalue weighted by molar-refractivity contribution is 0.475. The fraction of sp³-hybridized carbons (Fsp3) is 0.333. The molecule has 0 amide bonds. The minimum atomic E-state index is 0.276. The molecule has 0 heterocycles. The van der Waals surface area contributed by atoms with Crippen LogP contribution >= 0.6 is 11.6 Å². The molecule has 3 heteroatoms. The Bertz CT molecular complexity index is 263. The Morgan fingerprint density at radius 2 is 2.25 bits per heavy atom. The number of hydrogen-bond acceptors (Lipinski definition) is 2. The number of phenolic OH excluding ortho intramolecular Hbond substituents is 1. The van der Waals surface area contributed by atoms with E-state index in [1.807, 2.05) is 13.1 Å². The van der Waals surface area contributed by atoms with E-state index in [2.05, 4.69) is 5.32 Å². The quantitative estimate of drug-likeness (QED) is 0.708. The Kier molecular flexibility index (Phi) is 3.23. The fourth-order valence-corrected chi connectivity index (χ4v) is 1.32. The summed E-state index contributed by atoms with van der Waals surface area (Å²) in [5.74, 6) is 0.872. The van der Waals surface area contributed by atoms with Crippen LogP contribution in [0.1, 0.15) is 5.56 Å². The van der Waals surface area contributed by atoms with Gasteiger partial charge in [0.25, 0.3) is 0 Å². The minimum Gasteiger partial charge on any atom is -0.508 e. The fourth-order valence-electron chi connectivity index (χ4n) is 1.12. The van der Waals surface area contributed by atoms with Crippen LogP contribution < -0.4 is 5.32 Å². The maximum atomic E-state index is 9.16. The van der Waals surface area contributed by atoms with Crippen LogP contribution in [0.4, 0.5) is 5.69 Å². The predicted octanol–water partition coefficient (Wildman–Crippen LogP) is 2.22. The maximum absolute atomic E-state index is 9.16. The molecule has 0 saturated carbocycles. The minimum absolute atomic E-state index is 0.276. The molecule has 0 unspecified atom stereocenters. The van der Waals surface area contributed by atoms with Gasteiger partial charge >= 0.3 is 0 Å². The first-order valence-corrected chi connectivity index (χ1v) is 4.37. The molecule has 0 aromatic heterocycles. The molecule has 2 N–H and O–H groups in total. The summed E-state index contributed by atoms with van der Waals surface area (Å²) < 4.78 is 0. The summed E-state index contributed by atoms with van der Waals surface area (Å²) in [4.78, 5) is 0. The number of benzene rings is 1. The number of phenols is 1. The van der Waals surface area contributed by atoms with Crippen molar-refractivity contribution in [3.05, 3.63) is 23.8 Å². The average molecular weight is 186 g/mol. The van der Waals surface area contributed by atoms with Crippen molar-refractivity contribution >= 4 is 17.3 Å². The number of halogens is 1. The number of alkyl halides is 1. The van der Waals surface area contributed by atoms with Gasteiger partial charge in [-0.1, -0.05) is 6.07 Å². The highest BCUT2D eigenvalue weighted by Gasteiger charge is 2.00. The summed E-state index contributed by atoms with van der Waals surface area (Å²) in [6.07, 6.45) is 0.817. The molecule has 0 aliphatic carbocycles. The maximum Gasteiger partial charge on any atom is 0.117 e. The highest BCUT2D eigenvalue weighted by atomic mass is 35.5. The zero-order valence-corrected chi connectivity index (χ0v) is 7.73. The lowest BCUT2D eigenvalue weighted by atomic mass is 10.1. The molecule has 0 radical (unpaired) electrons. The standard InChI is InChI=1S/C9H12ClNO/c1-11-9-6-8(12)3-2-7(9)4-5-10/h2-3,6,11-12H,4-5H2,1H3. The van der Waals surface area contributed by atoms with Crippen LogP contribution in [0.5, 0.6) is 5.75 Å². The molecule has 1 aromatic carbocycles. The van der Waals surface area contributed by atoms with Gasteiger partial charge in [-0.15, -0.1) is 11.6 Å². The summed E-state index contributed by atoms with van der Waals surface area (Å²) in [5, 5.41) is 12.2. The van der Waals surface area contributed by atoms with Gasteiger partial charge in [0.15, 0.2) is 0 Å². The molecule has 0 aliphatic heterocycles. The monoisotopic (exact) mass is 185 g/mol. The van der Waals surface area contributed by atoms with Crippen LogP contribution in [0, 0.1) is 0 Å². The van der Waals surface area contributed by atoms with Crippen molar-refractivity contribution in [1.29, 1.82) is 0 Å². The zero-order chi connectivity index (χ0) is 8.97. The number of rotatable bonds is 3. The van der Waals surface area contributed by atoms with Gasteiger partial charge < -0.3 is 10.4 Å². The first-order chi connectivity index (χ1) is 5.77. The SMILES string of the molecule is CNc1cc(O)ccc1CCCl. The normalized spacial score (nSPS) is 9.83. The molecular formula is C9H12ClNO. The van der Waals surface area contributed by atoms with Crippen LogP contribution in [0.2, 0.25) is 0 Å². The van der Waals surface area contributed by atoms with Gasteiger partial charge in [0.05, 0.1) is 0 Å². The first kappa shape index (κ1) is 9.20. The molecule has 0 aliphatic rings. The summed E-state index contributed by atoms with van der Waals surface area (Å²) in [7, 11) is 1.83. The smallest absolute Gasteiger partial charge is 0.117 e. The molecule has 1 aromatic rings. The number of hydrogen-bond donors (Lipinski definition) is 2. The molecule has 0 bridgehead atoms. The second kappa shape index (κ2) is 4.21. The van der Waals surface area contributed by atoms with Crippen molar-refractivity contribution in [1.82, 2.24) is 0 Å². The predicted molar refractivity (Wildman–Crippen MR) is 52.1 cm³/mol. The van der Waals surface area contributed by atoms with E-state index >= 15 is 0 Å². The van der Waals surface area contributed by atoms with E-state index in [9.17, 15) is 0 Å². The van der Waals surface area contributed by atoms with E-state index in [-0.39, 0.29) is 5.75 Å². The van der Waals surface area contributed by atoms with Crippen molar-refractivity contribution in [2.45, 2.75) is 6.42 Å². The Morgan fingerprint density at radius 1 is 1.50 bits per heavy atom. The van der Waals surface area contributed by atoms with Crippen molar-refractivity contribution in [3.63, 3.8) is 0 Å². The summed E-state index contributed by atoms with van der Waals surface area (Å²) in [6.45, 7) is 0. The lowest BCUT2D eigenvalue weighted by Gasteiger charge is -2.07. The van der Waals surface area contributed by atoms with Crippen LogP contribution in [0.25, 0.3) is 0 Å². The van der Waals surface area contributed by atoms with Gasteiger partial charge in [-0.25, -0.2) is 0 Å². The highest BCUT2D eigenvalue weighted by molar-refractivity contribution is 6.18. The van der Waals surface area contributed by atoms with Gasteiger partial charge in [0.1, 0.15) is 5.75 Å². The van der Waals surface area contributed by atoms with Crippen LogP contribution in [-0.4, -0.2) is 18.0 Å². The van der Waals surface area contributed by atoms with Crippen molar-refractivity contribution in [3.8, 4) is 5.75 Å². The third-order valence-electron chi connectivity index (χ3n) is 1.73. The second-order valence-corrected chi connectivity index (χ2v) is 2.91. The molecule has 0 fully saturated rings. The summed E-state index contributed by atoms with van der Waals surface area (Å²) in [6, 6.07) is 5.24. The summed E-state index contributed by atoms with van der Waals surface area (Å²) in [5.41, 5.74) is 2.07. The van der Waals surface area contributed by atoms with E-state index in [1.165, 1.54) is 0 Å². The summed E-state index contributed by atoms with van der Waals surface area (Å²) >= 11 is 5.61. The first-order valence-electron chi connectivity index (χ1n) is 3.83. The van der Waals surface area contributed by atoms with Gasteiger partial charge in [0.2, 0.25) is 0 Å². The molecule has 0 spiro atoms. The van der Waals surface area contributed by atoms with Crippen molar-refractivity contribution in [2.75, 3.05) is 18.2 Å². The van der Waals surface area contributed by atoms with Crippen LogP contribution in [-0.2, 0) is 6.42 Å². The van der Waals surface area contributed by atoms with Crippen LogP contribution in [0.3, 0.4) is 0 Å². The van der Waals surface area contributed by atoms with E-state index in [0.29, 0.717) is 5.88 Å². The number of anilines is 1. The molecule has 0 saturated heterocycles. The Hall–Kier alpha value is -0.890. The topological polar surface area (TPSA) is 32.3 Å². The molecule has 66 valence electrons. The zero-order valence-electron chi connectivity index (χ0n) is 6.97. The van der Waals surface area contributed by atoms with Crippen molar-refractivity contribution in [2.24, 2.45) is 0 Å². The highest BCUT2D eigenvalue weighted by Crippen LogP contribution is 2.21. The van der Waals surface area contributed by atoms with Gasteiger partial charge in [-0.3, -0.25) is 0 Å². The van der Waals surface area contributed by atoms with Gasteiger partial charge in [-0.05, 0) is 18.1 Å². The second-order valence-electron chi connectivity index (χ2n) is 2.53. The molecule has 0 atom stereocenters. The third kappa shape index (κ3) is 2.05. The van der Waals surface area contributed by atoms with Gasteiger partial charge in [0, 0.05) is 24.7 Å². The van der Waals surface area contributed by atoms with E-state index < -0.39 is 0 Å². The van der Waals surface area contributed by atoms with Gasteiger partial charge in [-0.2, -0.15) is 0 Å². The molecule has 2 nitrogen and oxygen atoms in total. The Balaban J connectivity index is 2.94. The van der Waals surface area contributed by atoms with Crippen molar-refractivity contribution < 1.29 is 5.11 Å². The molecular weight excluding hydrogens is 174 g/mol. The Morgan fingerprint density at radius 3 is 2.83 bits per heavy atom. The Labute approximate surface area is 77.2 Å². The van der Waals surface area contributed by atoms with E-state index in [0.717, 1.165) is 17.7 Å². The van der Waals surface area contributed by atoms with E-state index in [4.69, 9.17) is 16.7 Å². The molecule has 12 heavy (non-hydrogen) atoms. The largest absolute Gasteiger partial charge is 0.508 e. The average Bonchev–Trinajstić information content (AvgIpc) is 2.08. The number of aryl methyl sites for hydroxylation is 1.